The Morgan fingerprint density at radius 3 is 2.43 bits per heavy atom. The molecule has 0 aromatic heterocycles. The van der Waals surface area contributed by atoms with E-state index < -0.39 is 0 Å². The zero-order chi connectivity index (χ0) is 10.6. The largest absolute Gasteiger partial charge is 0.396 e. The summed E-state index contributed by atoms with van der Waals surface area (Å²) in [6.45, 7) is 3.09. The van der Waals surface area contributed by atoms with E-state index in [0.717, 1.165) is 12.8 Å². The third kappa shape index (κ3) is 9.96. The Labute approximate surface area is 87.5 Å². The summed E-state index contributed by atoms with van der Waals surface area (Å²) in [5.74, 6) is 0. The summed E-state index contributed by atoms with van der Waals surface area (Å²) in [5, 5.41) is 20.9. The van der Waals surface area contributed by atoms with Crippen molar-refractivity contribution in [3.05, 3.63) is 0 Å². The molecule has 0 saturated carbocycles. The Hall–Kier alpha value is -0.120. The van der Waals surface area contributed by atoms with E-state index in [4.69, 9.17) is 5.11 Å². The fraction of sp³-hybridized carbons (Fsp3) is 1.00. The molecular weight excluding hydrogens is 178 g/mol. The lowest BCUT2D eigenvalue weighted by molar-refractivity contribution is 0.121. The van der Waals surface area contributed by atoms with E-state index in [2.05, 4.69) is 12.2 Å². The van der Waals surface area contributed by atoms with Gasteiger partial charge < -0.3 is 10.2 Å². The van der Waals surface area contributed by atoms with Gasteiger partial charge in [-0.3, -0.25) is 5.32 Å². The maximum absolute atomic E-state index is 9.44. The highest BCUT2D eigenvalue weighted by Crippen LogP contribution is 2.06. The van der Waals surface area contributed by atoms with Crippen LogP contribution in [0.2, 0.25) is 0 Å². The first-order chi connectivity index (χ1) is 6.81. The lowest BCUT2D eigenvalue weighted by Crippen LogP contribution is -2.29. The van der Waals surface area contributed by atoms with Crippen LogP contribution in [0.3, 0.4) is 0 Å². The third-order valence-corrected chi connectivity index (χ3v) is 2.30. The molecule has 0 amide bonds. The molecule has 0 aliphatic carbocycles. The van der Waals surface area contributed by atoms with Crippen LogP contribution >= 0.6 is 0 Å². The molecule has 0 aliphatic rings. The summed E-state index contributed by atoms with van der Waals surface area (Å²) in [5.41, 5.74) is 0. The van der Waals surface area contributed by atoms with E-state index in [1.54, 1.807) is 0 Å². The second kappa shape index (κ2) is 11.0. The number of aliphatic hydroxyl groups excluding tert-OH is 2. The van der Waals surface area contributed by atoms with E-state index in [1.165, 1.54) is 25.7 Å². The van der Waals surface area contributed by atoms with Crippen LogP contribution in [0.1, 0.15) is 51.9 Å². The zero-order valence-electron chi connectivity index (χ0n) is 9.34. The topological polar surface area (TPSA) is 52.5 Å². The number of aliphatic hydroxyl groups is 2. The maximum Gasteiger partial charge on any atom is 0.104 e. The summed E-state index contributed by atoms with van der Waals surface area (Å²) < 4.78 is 0. The predicted octanol–water partition coefficient (Wildman–Crippen LogP) is 1.64. The molecule has 3 heteroatoms. The van der Waals surface area contributed by atoms with E-state index >= 15 is 0 Å². The quantitative estimate of drug-likeness (QED) is 0.374. The lowest BCUT2D eigenvalue weighted by Gasteiger charge is -2.11. The third-order valence-electron chi connectivity index (χ3n) is 2.30. The molecular formula is C11H25NO2. The molecule has 0 saturated heterocycles. The first-order valence-corrected chi connectivity index (χ1v) is 5.83. The summed E-state index contributed by atoms with van der Waals surface area (Å²) in [7, 11) is 0. The normalized spacial score (nSPS) is 13.1. The molecule has 3 nitrogen and oxygen atoms in total. The van der Waals surface area contributed by atoms with Crippen molar-refractivity contribution in [2.45, 2.75) is 58.1 Å². The highest BCUT2D eigenvalue weighted by Gasteiger charge is 2.01. The van der Waals surface area contributed by atoms with E-state index in [0.29, 0.717) is 13.0 Å². The van der Waals surface area contributed by atoms with Gasteiger partial charge in [-0.05, 0) is 25.8 Å². The van der Waals surface area contributed by atoms with Crippen molar-refractivity contribution in [3.63, 3.8) is 0 Å². The molecule has 0 radical (unpaired) electrons. The molecule has 86 valence electrons. The molecule has 1 unspecified atom stereocenters. The summed E-state index contributed by atoms with van der Waals surface area (Å²) in [4.78, 5) is 0. The Kier molecular flexibility index (Phi) is 10.9. The van der Waals surface area contributed by atoms with E-state index in [1.807, 2.05) is 0 Å². The van der Waals surface area contributed by atoms with Crippen LogP contribution < -0.4 is 5.32 Å². The van der Waals surface area contributed by atoms with Crippen LogP contribution in [0.15, 0.2) is 0 Å². The smallest absolute Gasteiger partial charge is 0.104 e. The summed E-state index contributed by atoms with van der Waals surface area (Å²) >= 11 is 0. The van der Waals surface area contributed by atoms with Gasteiger partial charge in [0, 0.05) is 6.61 Å². The van der Waals surface area contributed by atoms with Gasteiger partial charge in [-0.1, -0.05) is 32.6 Å². The van der Waals surface area contributed by atoms with Crippen LogP contribution in [-0.2, 0) is 0 Å². The summed E-state index contributed by atoms with van der Waals surface area (Å²) in [6.07, 6.45) is 7.30. The average molecular weight is 203 g/mol. The van der Waals surface area contributed by atoms with Gasteiger partial charge in [0.25, 0.3) is 0 Å². The van der Waals surface area contributed by atoms with Crippen molar-refractivity contribution >= 4 is 0 Å². The predicted molar refractivity (Wildman–Crippen MR) is 59.1 cm³/mol. The minimum atomic E-state index is -0.386. The molecule has 0 bridgehead atoms. The monoisotopic (exact) mass is 203 g/mol. The van der Waals surface area contributed by atoms with Crippen molar-refractivity contribution in [2.75, 3.05) is 13.2 Å². The van der Waals surface area contributed by atoms with Gasteiger partial charge in [0.05, 0.1) is 0 Å². The molecule has 0 aromatic rings. The first kappa shape index (κ1) is 13.9. The lowest BCUT2D eigenvalue weighted by atomic mass is 10.1. The highest BCUT2D eigenvalue weighted by atomic mass is 16.3. The van der Waals surface area contributed by atoms with Gasteiger partial charge in [-0.15, -0.1) is 0 Å². The van der Waals surface area contributed by atoms with Crippen LogP contribution in [0.5, 0.6) is 0 Å². The van der Waals surface area contributed by atoms with Gasteiger partial charge in [-0.2, -0.15) is 0 Å². The Morgan fingerprint density at radius 1 is 1.07 bits per heavy atom. The van der Waals surface area contributed by atoms with Crippen molar-refractivity contribution in [1.82, 2.24) is 5.32 Å². The van der Waals surface area contributed by atoms with Crippen molar-refractivity contribution in [3.8, 4) is 0 Å². The number of rotatable bonds is 10. The molecule has 3 N–H and O–H groups in total. The molecule has 0 spiro atoms. The highest BCUT2D eigenvalue weighted by molar-refractivity contribution is 4.54. The Morgan fingerprint density at radius 2 is 1.79 bits per heavy atom. The van der Waals surface area contributed by atoms with Crippen LogP contribution in [-0.4, -0.2) is 29.6 Å². The Balaban J connectivity index is 3.06. The van der Waals surface area contributed by atoms with Gasteiger partial charge in [0.2, 0.25) is 0 Å². The second-order valence-corrected chi connectivity index (χ2v) is 3.75. The summed E-state index contributed by atoms with van der Waals surface area (Å²) in [6, 6.07) is 0. The Bertz CT molecular complexity index is 109. The molecule has 0 aliphatic heterocycles. The van der Waals surface area contributed by atoms with Crippen LogP contribution in [0.25, 0.3) is 0 Å². The minimum Gasteiger partial charge on any atom is -0.396 e. The minimum absolute atomic E-state index is 0.191. The molecule has 1 atom stereocenters. The molecule has 0 aromatic carbocycles. The van der Waals surface area contributed by atoms with Gasteiger partial charge in [0.15, 0.2) is 0 Å². The van der Waals surface area contributed by atoms with Gasteiger partial charge in [-0.25, -0.2) is 0 Å². The molecule has 14 heavy (non-hydrogen) atoms. The maximum atomic E-state index is 9.44. The van der Waals surface area contributed by atoms with Gasteiger partial charge in [0.1, 0.15) is 6.23 Å². The number of hydrogen-bond acceptors (Lipinski definition) is 3. The first-order valence-electron chi connectivity index (χ1n) is 5.83. The molecule has 0 heterocycles. The van der Waals surface area contributed by atoms with Crippen molar-refractivity contribution in [1.29, 1.82) is 0 Å². The standard InChI is InChI=1S/C11H25NO2/c1-2-3-4-5-6-8-11(14)12-9-7-10-13/h11-14H,2-10H2,1H3. The second-order valence-electron chi connectivity index (χ2n) is 3.75. The molecule has 0 rings (SSSR count). The van der Waals surface area contributed by atoms with Crippen molar-refractivity contribution in [2.24, 2.45) is 0 Å². The van der Waals surface area contributed by atoms with Gasteiger partial charge >= 0.3 is 0 Å². The van der Waals surface area contributed by atoms with Crippen LogP contribution in [0.4, 0.5) is 0 Å². The molecule has 0 fully saturated rings. The zero-order valence-corrected chi connectivity index (χ0v) is 9.34. The van der Waals surface area contributed by atoms with Crippen LogP contribution in [0, 0.1) is 0 Å². The fourth-order valence-electron chi connectivity index (χ4n) is 1.39. The number of unbranched alkanes of at least 4 members (excludes halogenated alkanes) is 4. The number of hydrogen-bond donors (Lipinski definition) is 3. The SMILES string of the molecule is CCCCCCCC(O)NCCCO. The van der Waals surface area contributed by atoms with E-state index in [-0.39, 0.29) is 12.8 Å². The van der Waals surface area contributed by atoms with Crippen molar-refractivity contribution < 1.29 is 10.2 Å². The fourth-order valence-corrected chi connectivity index (χ4v) is 1.39. The average Bonchev–Trinajstić information content (AvgIpc) is 2.18. The number of nitrogens with one attached hydrogen (secondary N) is 1. The van der Waals surface area contributed by atoms with E-state index in [9.17, 15) is 5.11 Å².